The molecule has 1 rings (SSSR count). The van der Waals surface area contributed by atoms with Crippen LogP contribution in [0.1, 0.15) is 75.2 Å². The Hall–Kier alpha value is -2.26. The highest BCUT2D eigenvalue weighted by molar-refractivity contribution is 7.79. The summed E-state index contributed by atoms with van der Waals surface area (Å²) in [6, 6.07) is -3.61. The van der Waals surface area contributed by atoms with Crippen LogP contribution in [0.25, 0.3) is 0 Å². The van der Waals surface area contributed by atoms with Crippen LogP contribution in [0.5, 0.6) is 0 Å². The van der Waals surface area contributed by atoms with E-state index in [4.69, 9.17) is 0 Å². The minimum atomic E-state index is -1.04. The zero-order chi connectivity index (χ0) is 36.2. The minimum Gasteiger partial charge on any atom is -0.480 e. The van der Waals surface area contributed by atoms with Crippen molar-refractivity contribution in [1.82, 2.24) is 19.6 Å². The van der Waals surface area contributed by atoms with Crippen molar-refractivity contribution in [3.8, 4) is 0 Å². The van der Waals surface area contributed by atoms with Gasteiger partial charge in [-0.05, 0) is 45.3 Å². The lowest BCUT2D eigenvalue weighted by Gasteiger charge is -2.43. The number of carbonyl (C=O) groups is 5. The summed E-state index contributed by atoms with van der Waals surface area (Å²) in [5.41, 5.74) is -1.22. The SMILES string of the molecule is CC(C)C(=O)C(C)(C)C(C)(C)CCC(C(=O)O)N1CCN(C(C)C(=O)O)CCN(C(C)C(=O)O)CCN(C(C)C(=O)O)CC1.CS. The van der Waals surface area contributed by atoms with Crippen LogP contribution in [0.4, 0.5) is 0 Å². The molecule has 0 aromatic heterocycles. The Labute approximate surface area is 280 Å². The Morgan fingerprint density at radius 3 is 1.09 bits per heavy atom. The minimum absolute atomic E-state index is 0.101. The van der Waals surface area contributed by atoms with E-state index >= 15 is 0 Å². The third-order valence-corrected chi connectivity index (χ3v) is 10.0. The third-order valence-electron chi connectivity index (χ3n) is 10.0. The molecule has 1 aliphatic heterocycles. The molecular formula is C32H60N4O9S. The number of hydrogen-bond donors (Lipinski definition) is 5. The number of ketones is 1. The van der Waals surface area contributed by atoms with Gasteiger partial charge in [-0.1, -0.05) is 41.5 Å². The van der Waals surface area contributed by atoms with Gasteiger partial charge >= 0.3 is 23.9 Å². The van der Waals surface area contributed by atoms with Crippen LogP contribution in [-0.4, -0.2) is 152 Å². The van der Waals surface area contributed by atoms with Gasteiger partial charge in [-0.25, -0.2) is 0 Å². The second-order valence-electron chi connectivity index (χ2n) is 13.6. The van der Waals surface area contributed by atoms with Gasteiger partial charge in [-0.2, -0.15) is 12.6 Å². The lowest BCUT2D eigenvalue weighted by atomic mass is 9.61. The van der Waals surface area contributed by atoms with E-state index in [1.54, 1.807) is 46.6 Å². The predicted molar refractivity (Wildman–Crippen MR) is 181 cm³/mol. The van der Waals surface area contributed by atoms with E-state index < -0.39 is 58.9 Å². The number of Topliss-reactive ketones (excluding diaryl/α,β-unsaturated/α-hetero) is 1. The highest BCUT2D eigenvalue weighted by atomic mass is 32.1. The highest BCUT2D eigenvalue weighted by Crippen LogP contribution is 2.44. The first-order chi connectivity index (χ1) is 21.1. The molecule has 0 aromatic rings. The molecule has 1 saturated heterocycles. The van der Waals surface area contributed by atoms with Gasteiger partial charge < -0.3 is 20.4 Å². The summed E-state index contributed by atoms with van der Waals surface area (Å²) in [5.74, 6) is -4.24. The number of carboxylic acids is 4. The fourth-order valence-corrected chi connectivity index (χ4v) is 5.74. The van der Waals surface area contributed by atoms with E-state index in [1.807, 2.05) is 41.5 Å². The predicted octanol–water partition coefficient (Wildman–Crippen LogP) is 2.68. The summed E-state index contributed by atoms with van der Waals surface area (Å²) in [6.45, 7) is 17.8. The van der Waals surface area contributed by atoms with Crippen molar-refractivity contribution < 1.29 is 44.4 Å². The van der Waals surface area contributed by atoms with Crippen LogP contribution >= 0.6 is 12.6 Å². The average molecular weight is 677 g/mol. The van der Waals surface area contributed by atoms with E-state index in [1.165, 1.54) is 0 Å². The Balaban J connectivity index is 0.00000991. The smallest absolute Gasteiger partial charge is 0.320 e. The van der Waals surface area contributed by atoms with Crippen LogP contribution in [0.3, 0.4) is 0 Å². The molecule has 0 radical (unpaired) electrons. The number of thiol groups is 1. The van der Waals surface area contributed by atoms with Crippen LogP contribution < -0.4 is 0 Å². The van der Waals surface area contributed by atoms with E-state index in [0.717, 1.165) is 0 Å². The summed E-state index contributed by atoms with van der Waals surface area (Å²) in [7, 11) is 0. The second-order valence-corrected chi connectivity index (χ2v) is 13.6. The molecule has 268 valence electrons. The lowest BCUT2D eigenvalue weighted by molar-refractivity contribution is -0.147. The molecule has 4 atom stereocenters. The normalized spacial score (nSPS) is 19.8. The molecule has 1 heterocycles. The molecular weight excluding hydrogens is 616 g/mol. The first-order valence-electron chi connectivity index (χ1n) is 16.0. The van der Waals surface area contributed by atoms with Gasteiger partial charge in [0.05, 0.1) is 0 Å². The van der Waals surface area contributed by atoms with E-state index in [2.05, 4.69) is 12.6 Å². The average Bonchev–Trinajstić information content (AvgIpc) is 2.97. The molecule has 13 nitrogen and oxygen atoms in total. The number of hydrogen-bond acceptors (Lipinski definition) is 10. The van der Waals surface area contributed by atoms with Crippen LogP contribution in [0.15, 0.2) is 0 Å². The van der Waals surface area contributed by atoms with Gasteiger partial charge in [0.2, 0.25) is 0 Å². The first-order valence-corrected chi connectivity index (χ1v) is 16.9. The van der Waals surface area contributed by atoms with Crippen LogP contribution in [-0.2, 0) is 24.0 Å². The van der Waals surface area contributed by atoms with Crippen molar-refractivity contribution in [2.75, 3.05) is 58.6 Å². The quantitative estimate of drug-likeness (QED) is 0.170. The molecule has 0 aromatic carbocycles. The van der Waals surface area contributed by atoms with Crippen molar-refractivity contribution >= 4 is 42.3 Å². The summed E-state index contributed by atoms with van der Waals surface area (Å²) < 4.78 is 0. The molecule has 0 saturated carbocycles. The molecule has 46 heavy (non-hydrogen) atoms. The number of nitrogens with zero attached hydrogens (tertiary/aromatic N) is 4. The third kappa shape index (κ3) is 12.4. The fraction of sp³-hybridized carbons (Fsp3) is 0.844. The van der Waals surface area contributed by atoms with Crippen molar-refractivity contribution in [3.63, 3.8) is 0 Å². The Bertz CT molecular complexity index is 988. The van der Waals surface area contributed by atoms with E-state index in [-0.39, 0.29) is 70.5 Å². The second kappa shape index (κ2) is 19.5. The summed E-state index contributed by atoms with van der Waals surface area (Å²) >= 11 is 3.53. The standard InChI is InChI=1S/C31H56N4O9.CH4S/c1-20(2)25(36)31(8,9)30(6,7)11-10-24(29(43)44)35-18-16-33(22(4)27(39)40)14-12-32(21(3)26(37)38)13-15-34(17-19-35)23(5)28(41)42;1-2/h20-24H,10-19H2,1-9H3,(H,37,38)(H,39,40)(H,41,42)(H,43,44);2H,1H3. The fourth-order valence-electron chi connectivity index (χ4n) is 5.74. The highest BCUT2D eigenvalue weighted by Gasteiger charge is 2.44. The molecule has 0 spiro atoms. The molecule has 0 bridgehead atoms. The summed E-state index contributed by atoms with van der Waals surface area (Å²) in [6.07, 6.45) is 2.38. The number of carboxylic acid groups (broad SMARTS) is 4. The monoisotopic (exact) mass is 676 g/mol. The van der Waals surface area contributed by atoms with Gasteiger partial charge in [0.1, 0.15) is 30.0 Å². The van der Waals surface area contributed by atoms with E-state index in [0.29, 0.717) is 6.42 Å². The Kier molecular flexibility index (Phi) is 18.6. The van der Waals surface area contributed by atoms with Gasteiger partial charge in [0, 0.05) is 63.7 Å². The number of rotatable bonds is 14. The van der Waals surface area contributed by atoms with Gasteiger partial charge in [-0.15, -0.1) is 0 Å². The molecule has 14 heteroatoms. The van der Waals surface area contributed by atoms with Gasteiger partial charge in [0.15, 0.2) is 0 Å². The van der Waals surface area contributed by atoms with Gasteiger partial charge in [0.25, 0.3) is 0 Å². The maximum absolute atomic E-state index is 13.0. The zero-order valence-corrected chi connectivity index (χ0v) is 30.4. The first kappa shape index (κ1) is 43.7. The Morgan fingerprint density at radius 1 is 0.565 bits per heavy atom. The lowest BCUT2D eigenvalue weighted by Crippen LogP contribution is -2.55. The van der Waals surface area contributed by atoms with E-state index in [9.17, 15) is 44.4 Å². The largest absolute Gasteiger partial charge is 0.480 e. The van der Waals surface area contributed by atoms with Crippen molar-refractivity contribution in [3.05, 3.63) is 0 Å². The maximum atomic E-state index is 13.0. The van der Waals surface area contributed by atoms with Crippen molar-refractivity contribution in [2.24, 2.45) is 16.7 Å². The summed E-state index contributed by atoms with van der Waals surface area (Å²) in [4.78, 5) is 68.4. The molecule has 4 unspecified atom stereocenters. The maximum Gasteiger partial charge on any atom is 0.320 e. The summed E-state index contributed by atoms with van der Waals surface area (Å²) in [5, 5.41) is 39.6. The zero-order valence-electron chi connectivity index (χ0n) is 29.5. The van der Waals surface area contributed by atoms with Crippen LogP contribution in [0, 0.1) is 16.7 Å². The molecule has 1 fully saturated rings. The number of aliphatic carboxylic acids is 4. The topological polar surface area (TPSA) is 179 Å². The molecule has 1 aliphatic rings. The van der Waals surface area contributed by atoms with Crippen molar-refractivity contribution in [1.29, 1.82) is 0 Å². The number of carbonyl (C=O) groups excluding carboxylic acids is 1. The molecule has 0 aliphatic carbocycles. The van der Waals surface area contributed by atoms with Gasteiger partial charge in [-0.3, -0.25) is 43.6 Å². The molecule has 0 amide bonds. The van der Waals surface area contributed by atoms with Crippen LogP contribution in [0.2, 0.25) is 0 Å². The Morgan fingerprint density at radius 2 is 0.848 bits per heavy atom. The molecule has 4 N–H and O–H groups in total. The van der Waals surface area contributed by atoms with Crippen molar-refractivity contribution in [2.45, 2.75) is 99.3 Å².